The molecule has 0 saturated heterocycles. The molecule has 4 aromatic heterocycles. The number of hydrogen-bond acceptors (Lipinski definition) is 6. The zero-order chi connectivity index (χ0) is 36.7. The van der Waals surface area contributed by atoms with Gasteiger partial charge in [0.1, 0.15) is 0 Å². The van der Waals surface area contributed by atoms with Crippen molar-refractivity contribution < 1.29 is 0 Å². The molecular weight excluding hydrogens is 721 g/mol. The minimum atomic E-state index is 0.646. The minimum absolute atomic E-state index is 0.646. The summed E-state index contributed by atoms with van der Waals surface area (Å²) in [5.41, 5.74) is 5.98. The summed E-state index contributed by atoms with van der Waals surface area (Å²) >= 11 is 3.63. The molecule has 0 spiro atoms. The number of thiophene rings is 2. The Balaban J connectivity index is 1.12. The predicted molar refractivity (Wildman–Crippen MR) is 238 cm³/mol. The normalized spacial score (nSPS) is 11.9. The molecule has 0 amide bonds. The fraction of sp³-hybridized carbons (Fsp3) is 0. The molecule has 0 aliphatic carbocycles. The number of nitrogens with zero attached hydrogens (tertiary/aromatic N) is 4. The SMILES string of the molecule is c1ccc(-c2nc3ccccc3c3c2ccc2sc4ccc(-c5nc(-c6ccc7c(c6)sc6ccccc67)nc(-c6cccc7ccccc67)n5)cc4c23)cc1. The molecule has 4 nitrogen and oxygen atoms in total. The highest BCUT2D eigenvalue weighted by molar-refractivity contribution is 7.26. The lowest BCUT2D eigenvalue weighted by atomic mass is 9.96. The molecule has 56 heavy (non-hydrogen) atoms. The first-order chi connectivity index (χ1) is 27.7. The Kier molecular flexibility index (Phi) is 6.93. The Labute approximate surface area is 329 Å². The van der Waals surface area contributed by atoms with Crippen LogP contribution in [0.1, 0.15) is 0 Å². The van der Waals surface area contributed by atoms with E-state index in [-0.39, 0.29) is 0 Å². The fourth-order valence-corrected chi connectivity index (χ4v) is 10.5. The second-order valence-electron chi connectivity index (χ2n) is 14.2. The molecular formula is C50H28N4S2. The minimum Gasteiger partial charge on any atom is -0.247 e. The van der Waals surface area contributed by atoms with Gasteiger partial charge in [-0.2, -0.15) is 0 Å². The van der Waals surface area contributed by atoms with Gasteiger partial charge in [-0.05, 0) is 53.2 Å². The molecule has 0 atom stereocenters. The first kappa shape index (κ1) is 31.5. The van der Waals surface area contributed by atoms with E-state index >= 15 is 0 Å². The molecule has 6 heteroatoms. The van der Waals surface area contributed by atoms with Crippen LogP contribution in [0, 0.1) is 0 Å². The molecule has 0 saturated carbocycles. The van der Waals surface area contributed by atoms with E-state index in [9.17, 15) is 0 Å². The summed E-state index contributed by atoms with van der Waals surface area (Å²) in [6.07, 6.45) is 0. The van der Waals surface area contributed by atoms with Crippen molar-refractivity contribution in [2.24, 2.45) is 0 Å². The Morgan fingerprint density at radius 1 is 0.321 bits per heavy atom. The first-order valence-electron chi connectivity index (χ1n) is 18.6. The number of pyridine rings is 1. The van der Waals surface area contributed by atoms with Gasteiger partial charge in [0.15, 0.2) is 17.5 Å². The van der Waals surface area contributed by atoms with E-state index in [1.165, 1.54) is 45.7 Å². The summed E-state index contributed by atoms with van der Waals surface area (Å²) in [6.45, 7) is 0. The van der Waals surface area contributed by atoms with Crippen molar-refractivity contribution >= 4 is 95.5 Å². The van der Waals surface area contributed by atoms with Crippen LogP contribution in [0.25, 0.3) is 118 Å². The smallest absolute Gasteiger partial charge is 0.164 e. The maximum absolute atomic E-state index is 5.26. The van der Waals surface area contributed by atoms with Gasteiger partial charge in [0, 0.05) is 78.8 Å². The second kappa shape index (κ2) is 12.3. The topological polar surface area (TPSA) is 51.6 Å². The van der Waals surface area contributed by atoms with E-state index in [0.29, 0.717) is 17.5 Å². The van der Waals surface area contributed by atoms with Gasteiger partial charge in [0.2, 0.25) is 0 Å². The Morgan fingerprint density at radius 3 is 1.84 bits per heavy atom. The second-order valence-corrected chi connectivity index (χ2v) is 16.3. The van der Waals surface area contributed by atoms with E-state index in [1.807, 2.05) is 11.3 Å². The maximum atomic E-state index is 5.26. The number of aromatic nitrogens is 4. The quantitative estimate of drug-likeness (QED) is 0.168. The van der Waals surface area contributed by atoms with Crippen LogP contribution in [0.3, 0.4) is 0 Å². The van der Waals surface area contributed by atoms with E-state index in [4.69, 9.17) is 19.9 Å². The van der Waals surface area contributed by atoms with Gasteiger partial charge in [-0.25, -0.2) is 19.9 Å². The summed E-state index contributed by atoms with van der Waals surface area (Å²) in [6, 6.07) is 60.2. The molecule has 0 aliphatic rings. The molecule has 260 valence electrons. The van der Waals surface area contributed by atoms with Gasteiger partial charge in [-0.15, -0.1) is 22.7 Å². The maximum Gasteiger partial charge on any atom is 0.164 e. The van der Waals surface area contributed by atoms with Gasteiger partial charge in [0.25, 0.3) is 0 Å². The van der Waals surface area contributed by atoms with Gasteiger partial charge in [-0.3, -0.25) is 0 Å². The monoisotopic (exact) mass is 748 g/mol. The largest absolute Gasteiger partial charge is 0.247 e. The van der Waals surface area contributed by atoms with Gasteiger partial charge in [0.05, 0.1) is 11.2 Å². The van der Waals surface area contributed by atoms with Gasteiger partial charge >= 0.3 is 0 Å². The van der Waals surface area contributed by atoms with Crippen LogP contribution in [0.15, 0.2) is 170 Å². The molecule has 0 fully saturated rings. The van der Waals surface area contributed by atoms with Crippen LogP contribution in [0.5, 0.6) is 0 Å². The Morgan fingerprint density at radius 2 is 0.946 bits per heavy atom. The van der Waals surface area contributed by atoms with Crippen LogP contribution >= 0.6 is 22.7 Å². The highest BCUT2D eigenvalue weighted by Crippen LogP contribution is 2.44. The number of fused-ring (bicyclic) bond motifs is 11. The predicted octanol–water partition coefficient (Wildman–Crippen LogP) is 14.1. The molecule has 0 aliphatic heterocycles. The fourth-order valence-electron chi connectivity index (χ4n) is 8.30. The van der Waals surface area contributed by atoms with E-state index in [1.54, 1.807) is 11.3 Å². The van der Waals surface area contributed by atoms with E-state index < -0.39 is 0 Å². The molecule has 0 bridgehead atoms. The summed E-state index contributed by atoms with van der Waals surface area (Å²) in [7, 11) is 0. The molecule has 0 radical (unpaired) electrons. The van der Waals surface area contributed by atoms with Crippen molar-refractivity contribution in [3.8, 4) is 45.4 Å². The zero-order valence-electron chi connectivity index (χ0n) is 29.8. The van der Waals surface area contributed by atoms with Crippen molar-refractivity contribution in [3.05, 3.63) is 170 Å². The summed E-state index contributed by atoms with van der Waals surface area (Å²) < 4.78 is 4.95. The lowest BCUT2D eigenvalue weighted by molar-refractivity contribution is 1.08. The average molecular weight is 749 g/mol. The molecule has 8 aromatic carbocycles. The number of rotatable bonds is 4. The molecule has 12 aromatic rings. The van der Waals surface area contributed by atoms with Crippen LogP contribution < -0.4 is 0 Å². The molecule has 0 unspecified atom stereocenters. The van der Waals surface area contributed by atoms with Crippen molar-refractivity contribution in [1.82, 2.24) is 19.9 Å². The summed E-state index contributed by atoms with van der Waals surface area (Å²) in [4.78, 5) is 20.9. The lowest BCUT2D eigenvalue weighted by Crippen LogP contribution is -2.00. The van der Waals surface area contributed by atoms with Crippen LogP contribution in [-0.2, 0) is 0 Å². The van der Waals surface area contributed by atoms with Gasteiger partial charge < -0.3 is 0 Å². The average Bonchev–Trinajstić information content (AvgIpc) is 3.83. The number of benzene rings is 8. The van der Waals surface area contributed by atoms with Crippen LogP contribution in [0.4, 0.5) is 0 Å². The summed E-state index contributed by atoms with van der Waals surface area (Å²) in [5.74, 6) is 1.96. The Bertz CT molecular complexity index is 3540. The standard InChI is InChI=1S/C50H28N4S2/c1-2-12-30(13-3-1)47-38-24-26-43-46(45(38)37-17-6-8-19-40(37)51-47)39-27-31(22-25-42(39)55-43)48-52-49(32-21-23-35-34-16-7-9-20-41(34)56-44(35)28-32)54-50(53-48)36-18-10-14-29-11-4-5-15-33(29)36/h1-28H. The zero-order valence-corrected chi connectivity index (χ0v) is 31.4. The molecule has 4 heterocycles. The lowest BCUT2D eigenvalue weighted by Gasteiger charge is -2.12. The van der Waals surface area contributed by atoms with Gasteiger partial charge in [-0.1, -0.05) is 127 Å². The third kappa shape index (κ3) is 4.90. The third-order valence-electron chi connectivity index (χ3n) is 10.9. The van der Waals surface area contributed by atoms with E-state index in [0.717, 1.165) is 55.0 Å². The first-order valence-corrected chi connectivity index (χ1v) is 20.3. The molecule has 12 rings (SSSR count). The highest BCUT2D eigenvalue weighted by Gasteiger charge is 2.19. The van der Waals surface area contributed by atoms with Crippen molar-refractivity contribution in [1.29, 1.82) is 0 Å². The highest BCUT2D eigenvalue weighted by atomic mass is 32.1. The third-order valence-corrected chi connectivity index (χ3v) is 13.2. The van der Waals surface area contributed by atoms with E-state index in [2.05, 4.69) is 170 Å². The Hall–Kier alpha value is -6.86. The summed E-state index contributed by atoms with van der Waals surface area (Å²) in [5, 5.41) is 10.7. The van der Waals surface area contributed by atoms with Crippen molar-refractivity contribution in [3.63, 3.8) is 0 Å². The van der Waals surface area contributed by atoms with Crippen LogP contribution in [-0.4, -0.2) is 19.9 Å². The van der Waals surface area contributed by atoms with Crippen LogP contribution in [0.2, 0.25) is 0 Å². The number of hydrogen-bond donors (Lipinski definition) is 0. The van der Waals surface area contributed by atoms with Crippen molar-refractivity contribution in [2.75, 3.05) is 0 Å². The number of para-hydroxylation sites is 1. The molecule has 0 N–H and O–H groups in total. The van der Waals surface area contributed by atoms with Crippen molar-refractivity contribution in [2.45, 2.75) is 0 Å².